The average molecular weight is 461 g/mol. The molecule has 0 aliphatic rings. The molecule has 0 saturated carbocycles. The topological polar surface area (TPSA) is 122 Å². The van der Waals surface area contributed by atoms with Gasteiger partial charge in [0.25, 0.3) is 0 Å². The van der Waals surface area contributed by atoms with Crippen LogP contribution < -0.4 is 16.0 Å². The summed E-state index contributed by atoms with van der Waals surface area (Å²) in [5.41, 5.74) is 0.663. The van der Waals surface area contributed by atoms with Gasteiger partial charge in [-0.25, -0.2) is 14.4 Å². The normalized spacial score (nSPS) is 10.3. The quantitative estimate of drug-likeness (QED) is 0.358. The minimum atomic E-state index is -0.660. The summed E-state index contributed by atoms with van der Waals surface area (Å²) >= 11 is 3.15. The van der Waals surface area contributed by atoms with Crippen molar-refractivity contribution in [2.24, 2.45) is 0 Å². The van der Waals surface area contributed by atoms with E-state index in [9.17, 15) is 19.3 Å². The van der Waals surface area contributed by atoms with E-state index in [1.54, 1.807) is 30.3 Å². The van der Waals surface area contributed by atoms with Gasteiger partial charge < -0.3 is 16.0 Å². The average Bonchev–Trinajstić information content (AvgIpc) is 2.65. The second kappa shape index (κ2) is 8.61. The molecule has 0 aliphatic carbocycles. The zero-order valence-electron chi connectivity index (χ0n) is 14.9. The number of hydrogen-bond donors (Lipinski definition) is 3. The highest BCUT2D eigenvalue weighted by Crippen LogP contribution is 2.34. The van der Waals surface area contributed by atoms with Gasteiger partial charge in [0.15, 0.2) is 0 Å². The van der Waals surface area contributed by atoms with Crippen LogP contribution in [0.4, 0.5) is 38.8 Å². The zero-order chi connectivity index (χ0) is 21.0. The molecule has 1 aromatic heterocycles. The molecule has 148 valence electrons. The van der Waals surface area contributed by atoms with Gasteiger partial charge in [-0.15, -0.1) is 0 Å². The van der Waals surface area contributed by atoms with Gasteiger partial charge in [-0.05, 0) is 42.5 Å². The highest BCUT2D eigenvalue weighted by atomic mass is 79.9. The van der Waals surface area contributed by atoms with Crippen LogP contribution in [0.2, 0.25) is 0 Å². The minimum Gasteiger partial charge on any atom is -0.334 e. The third-order valence-electron chi connectivity index (χ3n) is 3.66. The fourth-order valence-electron chi connectivity index (χ4n) is 2.43. The van der Waals surface area contributed by atoms with Gasteiger partial charge in [0, 0.05) is 22.8 Å². The standard InChI is InChI=1S/C18H14BrFN6O3/c1-10(27)23-12-3-5-13(6-4-12)24-17-16(26(28)29)18(22-9-21-17)25-15-7-2-11(19)8-14(15)20/h2-9H,1H3,(H,23,27)(H2,21,22,24,25). The summed E-state index contributed by atoms with van der Waals surface area (Å²) in [7, 11) is 0. The number of hydrogen-bond acceptors (Lipinski definition) is 7. The van der Waals surface area contributed by atoms with Gasteiger partial charge in [-0.1, -0.05) is 15.9 Å². The highest BCUT2D eigenvalue weighted by Gasteiger charge is 2.24. The van der Waals surface area contributed by atoms with Gasteiger partial charge >= 0.3 is 5.69 Å². The second-order valence-corrected chi connectivity index (χ2v) is 6.72. The van der Waals surface area contributed by atoms with Gasteiger partial charge in [0.1, 0.15) is 12.1 Å². The molecule has 0 spiro atoms. The maximum atomic E-state index is 14.1. The fraction of sp³-hybridized carbons (Fsp3) is 0.0556. The summed E-state index contributed by atoms with van der Waals surface area (Å²) in [5, 5.41) is 19.7. The summed E-state index contributed by atoms with van der Waals surface area (Å²) in [6.07, 6.45) is 1.13. The Labute approximate surface area is 172 Å². The molecule has 2 aromatic carbocycles. The Balaban J connectivity index is 1.90. The Morgan fingerprint density at radius 3 is 2.28 bits per heavy atom. The maximum absolute atomic E-state index is 14.1. The largest absolute Gasteiger partial charge is 0.353 e. The molecule has 0 aliphatic heterocycles. The molecule has 0 saturated heterocycles. The number of anilines is 5. The Morgan fingerprint density at radius 1 is 1.07 bits per heavy atom. The van der Waals surface area contributed by atoms with Gasteiger partial charge in [0.05, 0.1) is 10.6 Å². The van der Waals surface area contributed by atoms with Crippen molar-refractivity contribution >= 4 is 56.2 Å². The minimum absolute atomic E-state index is 0.0283. The number of halogens is 2. The molecule has 0 unspecified atom stereocenters. The van der Waals surface area contributed by atoms with Gasteiger partial charge in [-0.3, -0.25) is 14.9 Å². The van der Waals surface area contributed by atoms with E-state index in [-0.39, 0.29) is 23.2 Å². The van der Waals surface area contributed by atoms with Crippen molar-refractivity contribution in [3.8, 4) is 0 Å². The van der Waals surface area contributed by atoms with E-state index in [0.29, 0.717) is 15.8 Å². The first-order valence-corrected chi connectivity index (χ1v) is 8.99. The summed E-state index contributed by atoms with van der Waals surface area (Å²) in [5.74, 6) is -1.05. The van der Waals surface area contributed by atoms with Gasteiger partial charge in [0.2, 0.25) is 17.5 Å². The molecule has 1 heterocycles. The van der Waals surface area contributed by atoms with E-state index in [1.807, 2.05) is 0 Å². The molecular formula is C18H14BrFN6O3. The van der Waals surface area contributed by atoms with Crippen LogP contribution in [0.25, 0.3) is 0 Å². The number of nitro groups is 1. The van der Waals surface area contributed by atoms with Crippen molar-refractivity contribution in [2.45, 2.75) is 6.92 Å². The first kappa shape index (κ1) is 20.1. The maximum Gasteiger partial charge on any atom is 0.353 e. The molecule has 11 heteroatoms. The van der Waals surface area contributed by atoms with Crippen LogP contribution in [0.3, 0.4) is 0 Å². The number of rotatable bonds is 6. The molecule has 3 N–H and O–H groups in total. The first-order valence-electron chi connectivity index (χ1n) is 8.19. The molecule has 0 fully saturated rings. The fourth-order valence-corrected chi connectivity index (χ4v) is 2.76. The van der Waals surface area contributed by atoms with Gasteiger partial charge in [-0.2, -0.15) is 0 Å². The number of aromatic nitrogens is 2. The van der Waals surface area contributed by atoms with Crippen molar-refractivity contribution in [1.82, 2.24) is 9.97 Å². The summed E-state index contributed by atoms with van der Waals surface area (Å²) in [6, 6.07) is 10.8. The monoisotopic (exact) mass is 460 g/mol. The third-order valence-corrected chi connectivity index (χ3v) is 4.15. The number of carbonyl (C=O) groups is 1. The number of benzene rings is 2. The molecule has 29 heavy (non-hydrogen) atoms. The highest BCUT2D eigenvalue weighted by molar-refractivity contribution is 9.10. The van der Waals surface area contributed by atoms with Crippen molar-refractivity contribution in [3.63, 3.8) is 0 Å². The molecule has 3 aromatic rings. The first-order chi connectivity index (χ1) is 13.8. The number of nitrogens with zero attached hydrogens (tertiary/aromatic N) is 3. The predicted molar refractivity (Wildman–Crippen MR) is 110 cm³/mol. The predicted octanol–water partition coefficient (Wildman–Crippen LogP) is 4.73. The van der Waals surface area contributed by atoms with E-state index >= 15 is 0 Å². The van der Waals surface area contributed by atoms with Crippen LogP contribution in [0.15, 0.2) is 53.3 Å². The summed E-state index contributed by atoms with van der Waals surface area (Å²) in [6.45, 7) is 1.39. The number of amides is 1. The van der Waals surface area contributed by atoms with Crippen molar-refractivity contribution in [3.05, 3.63) is 69.2 Å². The lowest BCUT2D eigenvalue weighted by Gasteiger charge is -2.11. The Bertz CT molecular complexity index is 1080. The molecule has 1 amide bonds. The summed E-state index contributed by atoms with van der Waals surface area (Å²) < 4.78 is 14.6. The molecular weight excluding hydrogens is 447 g/mol. The SMILES string of the molecule is CC(=O)Nc1ccc(Nc2ncnc(Nc3ccc(Br)cc3F)c2[N+](=O)[O-])cc1. The lowest BCUT2D eigenvalue weighted by Crippen LogP contribution is -2.07. The zero-order valence-corrected chi connectivity index (χ0v) is 16.5. The summed E-state index contributed by atoms with van der Waals surface area (Å²) in [4.78, 5) is 29.9. The molecule has 9 nitrogen and oxygen atoms in total. The Hall–Kier alpha value is -3.60. The van der Waals surface area contributed by atoms with Crippen molar-refractivity contribution in [2.75, 3.05) is 16.0 Å². The van der Waals surface area contributed by atoms with Crippen LogP contribution >= 0.6 is 15.9 Å². The Morgan fingerprint density at radius 2 is 1.69 bits per heavy atom. The Kier molecular flexibility index (Phi) is 5.98. The molecule has 0 atom stereocenters. The van der Waals surface area contributed by atoms with Crippen LogP contribution in [0, 0.1) is 15.9 Å². The van der Waals surface area contributed by atoms with Crippen LogP contribution in [0.5, 0.6) is 0 Å². The van der Waals surface area contributed by atoms with Crippen LogP contribution in [0.1, 0.15) is 6.92 Å². The van der Waals surface area contributed by atoms with E-state index < -0.39 is 16.4 Å². The van der Waals surface area contributed by atoms with E-state index in [4.69, 9.17) is 0 Å². The third kappa shape index (κ3) is 5.02. The molecule has 3 rings (SSSR count). The van der Waals surface area contributed by atoms with Crippen molar-refractivity contribution < 1.29 is 14.1 Å². The molecule has 0 bridgehead atoms. The van der Waals surface area contributed by atoms with Crippen LogP contribution in [-0.4, -0.2) is 20.8 Å². The number of carbonyl (C=O) groups excluding carboxylic acids is 1. The molecule has 0 radical (unpaired) electrons. The van der Waals surface area contributed by atoms with Crippen molar-refractivity contribution in [1.29, 1.82) is 0 Å². The van der Waals surface area contributed by atoms with Crippen LogP contribution in [-0.2, 0) is 4.79 Å². The van der Waals surface area contributed by atoms with E-state index in [0.717, 1.165) is 6.33 Å². The number of nitrogens with one attached hydrogen (secondary N) is 3. The smallest absolute Gasteiger partial charge is 0.334 e. The van der Waals surface area contributed by atoms with E-state index in [1.165, 1.54) is 19.1 Å². The lowest BCUT2D eigenvalue weighted by atomic mass is 10.2. The second-order valence-electron chi connectivity index (χ2n) is 5.81. The lowest BCUT2D eigenvalue weighted by molar-refractivity contribution is -0.383. The van der Waals surface area contributed by atoms with E-state index in [2.05, 4.69) is 41.8 Å².